The van der Waals surface area contributed by atoms with Crippen LogP contribution in [0, 0.1) is 19.3 Å². The fraction of sp³-hybridized carbons (Fsp3) is 0.562. The summed E-state index contributed by atoms with van der Waals surface area (Å²) in [5.41, 5.74) is 3.67. The highest BCUT2D eigenvalue weighted by Gasteiger charge is 2.23. The van der Waals surface area contributed by atoms with Crippen LogP contribution in [0.15, 0.2) is 18.2 Å². The summed E-state index contributed by atoms with van der Waals surface area (Å²) < 4.78 is 0. The molecule has 0 aromatic heterocycles. The number of hydrogen-bond acceptors (Lipinski definition) is 2. The van der Waals surface area contributed by atoms with E-state index in [0.29, 0.717) is 0 Å². The van der Waals surface area contributed by atoms with E-state index in [1.807, 2.05) is 20.9 Å². The highest BCUT2D eigenvalue weighted by atomic mass is 16.4. The molecule has 0 aliphatic rings. The number of aliphatic carboxylic acids is 1. The second-order valence-electron chi connectivity index (χ2n) is 6.33. The summed E-state index contributed by atoms with van der Waals surface area (Å²) in [5.74, 6) is -0.732. The van der Waals surface area contributed by atoms with Crippen molar-refractivity contribution in [2.24, 2.45) is 5.41 Å². The monoisotopic (exact) mass is 263 g/mol. The molecule has 1 rings (SSSR count). The van der Waals surface area contributed by atoms with Gasteiger partial charge in [0.2, 0.25) is 0 Å². The molecule has 0 fully saturated rings. The first kappa shape index (κ1) is 15.7. The summed E-state index contributed by atoms with van der Waals surface area (Å²) in [6.07, 6.45) is 0.199. The van der Waals surface area contributed by atoms with Crippen molar-refractivity contribution < 1.29 is 9.90 Å². The predicted octanol–water partition coefficient (Wildman–Crippen LogP) is 3.24. The third kappa shape index (κ3) is 5.43. The average Bonchev–Trinajstić information content (AvgIpc) is 2.20. The van der Waals surface area contributed by atoms with E-state index >= 15 is 0 Å². The number of carbonyl (C=O) groups is 1. The van der Waals surface area contributed by atoms with E-state index in [4.69, 9.17) is 5.11 Å². The molecule has 3 nitrogen and oxygen atoms in total. The van der Waals surface area contributed by atoms with Crippen LogP contribution in [0.4, 0.5) is 0 Å². The quantitative estimate of drug-likeness (QED) is 0.856. The summed E-state index contributed by atoms with van der Waals surface area (Å²) >= 11 is 0. The first-order valence-electron chi connectivity index (χ1n) is 6.66. The lowest BCUT2D eigenvalue weighted by Gasteiger charge is -2.29. The molecule has 0 heterocycles. The second kappa shape index (κ2) is 6.20. The Morgan fingerprint density at radius 3 is 2.42 bits per heavy atom. The molecule has 0 saturated heterocycles. The number of aryl methyl sites for hydroxylation is 2. The van der Waals surface area contributed by atoms with E-state index in [-0.39, 0.29) is 11.8 Å². The lowest BCUT2D eigenvalue weighted by Crippen LogP contribution is -2.32. The minimum atomic E-state index is -0.732. The SMILES string of the molecule is Cc1ccc(CN(C)CC(C)(C)CC(=O)O)cc1C. The molecule has 19 heavy (non-hydrogen) atoms. The van der Waals surface area contributed by atoms with Gasteiger partial charge in [-0.3, -0.25) is 4.79 Å². The number of benzene rings is 1. The Kier molecular flexibility index (Phi) is 5.12. The number of hydrogen-bond donors (Lipinski definition) is 1. The topological polar surface area (TPSA) is 40.5 Å². The molecule has 0 bridgehead atoms. The van der Waals surface area contributed by atoms with E-state index in [9.17, 15) is 4.79 Å². The van der Waals surface area contributed by atoms with Gasteiger partial charge < -0.3 is 10.0 Å². The molecule has 1 N–H and O–H groups in total. The third-order valence-corrected chi connectivity index (χ3v) is 3.35. The first-order chi connectivity index (χ1) is 8.69. The Balaban J connectivity index is 2.61. The van der Waals surface area contributed by atoms with Crippen LogP contribution < -0.4 is 0 Å². The zero-order valence-corrected chi connectivity index (χ0v) is 12.7. The zero-order chi connectivity index (χ0) is 14.6. The van der Waals surface area contributed by atoms with Crippen molar-refractivity contribution in [3.05, 3.63) is 34.9 Å². The highest BCUT2D eigenvalue weighted by molar-refractivity contribution is 5.67. The Bertz CT molecular complexity index is 452. The van der Waals surface area contributed by atoms with Gasteiger partial charge in [-0.05, 0) is 43.0 Å². The fourth-order valence-electron chi connectivity index (χ4n) is 2.47. The Hall–Kier alpha value is -1.35. The molecular formula is C16H25NO2. The van der Waals surface area contributed by atoms with Gasteiger partial charge in [-0.15, -0.1) is 0 Å². The molecule has 3 heteroatoms. The molecular weight excluding hydrogens is 238 g/mol. The summed E-state index contributed by atoms with van der Waals surface area (Å²) in [6, 6.07) is 6.49. The van der Waals surface area contributed by atoms with E-state index in [1.165, 1.54) is 16.7 Å². The Morgan fingerprint density at radius 2 is 1.89 bits per heavy atom. The van der Waals surface area contributed by atoms with Gasteiger partial charge in [0.05, 0.1) is 6.42 Å². The third-order valence-electron chi connectivity index (χ3n) is 3.35. The maximum absolute atomic E-state index is 10.8. The lowest BCUT2D eigenvalue weighted by molar-refractivity contribution is -0.139. The van der Waals surface area contributed by atoms with Crippen LogP contribution >= 0.6 is 0 Å². The van der Waals surface area contributed by atoms with Crippen LogP contribution in [0.2, 0.25) is 0 Å². The largest absolute Gasteiger partial charge is 0.481 e. The van der Waals surface area contributed by atoms with Crippen LogP contribution in [0.5, 0.6) is 0 Å². The average molecular weight is 263 g/mol. The summed E-state index contributed by atoms with van der Waals surface area (Å²) in [6.45, 7) is 9.85. The Morgan fingerprint density at radius 1 is 1.26 bits per heavy atom. The molecule has 0 aliphatic carbocycles. The van der Waals surface area contributed by atoms with Crippen LogP contribution in [-0.4, -0.2) is 29.6 Å². The molecule has 0 atom stereocenters. The van der Waals surface area contributed by atoms with Gasteiger partial charge in [0.25, 0.3) is 0 Å². The standard InChI is InChI=1S/C16H25NO2/c1-12-6-7-14(8-13(12)2)10-17(5)11-16(3,4)9-15(18)19/h6-8H,9-11H2,1-5H3,(H,18,19). The molecule has 0 unspecified atom stereocenters. The number of rotatable bonds is 6. The van der Waals surface area contributed by atoms with Crippen molar-refractivity contribution in [3.8, 4) is 0 Å². The summed E-state index contributed by atoms with van der Waals surface area (Å²) in [4.78, 5) is 13.0. The number of carboxylic acids is 1. The number of nitrogens with zero attached hydrogens (tertiary/aromatic N) is 1. The minimum Gasteiger partial charge on any atom is -0.481 e. The van der Waals surface area contributed by atoms with Crippen molar-refractivity contribution in [2.75, 3.05) is 13.6 Å². The lowest BCUT2D eigenvalue weighted by atomic mass is 9.88. The molecule has 0 aliphatic heterocycles. The van der Waals surface area contributed by atoms with Crippen molar-refractivity contribution in [1.29, 1.82) is 0 Å². The van der Waals surface area contributed by atoms with Crippen molar-refractivity contribution in [1.82, 2.24) is 4.90 Å². The molecule has 1 aromatic rings. The van der Waals surface area contributed by atoms with Crippen molar-refractivity contribution >= 4 is 5.97 Å². The van der Waals surface area contributed by atoms with Crippen LogP contribution in [-0.2, 0) is 11.3 Å². The van der Waals surface area contributed by atoms with E-state index < -0.39 is 5.97 Å². The van der Waals surface area contributed by atoms with Gasteiger partial charge in [-0.25, -0.2) is 0 Å². The van der Waals surface area contributed by atoms with E-state index in [2.05, 4.69) is 36.9 Å². The summed E-state index contributed by atoms with van der Waals surface area (Å²) in [7, 11) is 2.04. The molecule has 0 amide bonds. The van der Waals surface area contributed by atoms with Crippen molar-refractivity contribution in [3.63, 3.8) is 0 Å². The smallest absolute Gasteiger partial charge is 0.303 e. The van der Waals surface area contributed by atoms with E-state index in [0.717, 1.165) is 13.1 Å². The van der Waals surface area contributed by atoms with Crippen LogP contribution in [0.1, 0.15) is 37.0 Å². The Labute approximate surface area is 116 Å². The van der Waals surface area contributed by atoms with Gasteiger partial charge in [-0.2, -0.15) is 0 Å². The van der Waals surface area contributed by atoms with Gasteiger partial charge in [0.15, 0.2) is 0 Å². The van der Waals surface area contributed by atoms with Crippen LogP contribution in [0.3, 0.4) is 0 Å². The highest BCUT2D eigenvalue weighted by Crippen LogP contribution is 2.22. The molecule has 0 spiro atoms. The van der Waals surface area contributed by atoms with Gasteiger partial charge in [-0.1, -0.05) is 32.0 Å². The maximum atomic E-state index is 10.8. The normalized spacial score (nSPS) is 11.9. The van der Waals surface area contributed by atoms with Gasteiger partial charge in [0.1, 0.15) is 0 Å². The van der Waals surface area contributed by atoms with Gasteiger partial charge in [0, 0.05) is 13.1 Å². The second-order valence-corrected chi connectivity index (χ2v) is 6.33. The summed E-state index contributed by atoms with van der Waals surface area (Å²) in [5, 5.41) is 8.90. The first-order valence-corrected chi connectivity index (χ1v) is 6.66. The minimum absolute atomic E-state index is 0.199. The zero-order valence-electron chi connectivity index (χ0n) is 12.7. The molecule has 0 saturated carbocycles. The predicted molar refractivity (Wildman–Crippen MR) is 78.3 cm³/mol. The van der Waals surface area contributed by atoms with Crippen LogP contribution in [0.25, 0.3) is 0 Å². The van der Waals surface area contributed by atoms with E-state index in [1.54, 1.807) is 0 Å². The maximum Gasteiger partial charge on any atom is 0.303 e. The molecule has 106 valence electrons. The van der Waals surface area contributed by atoms with Gasteiger partial charge >= 0.3 is 5.97 Å². The molecule has 1 aromatic carbocycles. The number of carboxylic acid groups (broad SMARTS) is 1. The molecule has 0 radical (unpaired) electrons. The fourth-order valence-corrected chi connectivity index (χ4v) is 2.47. The van der Waals surface area contributed by atoms with Crippen molar-refractivity contribution in [2.45, 2.75) is 40.7 Å².